The summed E-state index contributed by atoms with van der Waals surface area (Å²) in [7, 11) is -2.58. The summed E-state index contributed by atoms with van der Waals surface area (Å²) < 4.78 is 31.3. The van der Waals surface area contributed by atoms with E-state index < -0.39 is 21.7 Å². The molecule has 3 aromatic rings. The van der Waals surface area contributed by atoms with Crippen LogP contribution in [0.5, 0.6) is 5.75 Å². The van der Waals surface area contributed by atoms with Crippen LogP contribution in [0.25, 0.3) is 11.4 Å². The van der Waals surface area contributed by atoms with E-state index in [-0.39, 0.29) is 11.4 Å². The fraction of sp³-hybridized carbons (Fsp3) is 0.167. The van der Waals surface area contributed by atoms with Gasteiger partial charge in [0.25, 0.3) is 0 Å². The van der Waals surface area contributed by atoms with Crippen molar-refractivity contribution in [3.63, 3.8) is 0 Å². The Morgan fingerprint density at radius 2 is 2.00 bits per heavy atom. The van der Waals surface area contributed by atoms with E-state index in [1.165, 1.54) is 18.0 Å². The number of hydrogen-bond acceptors (Lipinski definition) is 8. The van der Waals surface area contributed by atoms with Crippen molar-refractivity contribution in [3.8, 4) is 23.2 Å². The Kier molecular flexibility index (Phi) is 5.93. The molecule has 154 valence electrons. The molecule has 0 aliphatic heterocycles. The molecule has 3 N–H and O–H groups in total. The molecule has 1 aromatic heterocycles. The minimum atomic E-state index is -3.95. The third-order valence-electron chi connectivity index (χ3n) is 3.92. The summed E-state index contributed by atoms with van der Waals surface area (Å²) >= 11 is 0. The highest BCUT2D eigenvalue weighted by Gasteiger charge is 2.18. The van der Waals surface area contributed by atoms with Gasteiger partial charge in [-0.1, -0.05) is 12.1 Å². The van der Waals surface area contributed by atoms with Crippen LogP contribution in [0.4, 0.5) is 5.69 Å². The standard InChI is InChI=1S/C18H17N7O4S/c1-29-16-8-14(6-7-15(16)23-30(27,28)11-17(20)26)18-21-24-25(22-18)10-13-4-2-12(9-19)3-5-13/h2-8,23H,10-11H2,1H3,(H2,20,26). The van der Waals surface area contributed by atoms with Crippen LogP contribution in [-0.2, 0) is 21.4 Å². The van der Waals surface area contributed by atoms with Gasteiger partial charge < -0.3 is 10.5 Å². The number of rotatable bonds is 8. The highest BCUT2D eigenvalue weighted by molar-refractivity contribution is 7.93. The molecular formula is C18H17N7O4S. The van der Waals surface area contributed by atoms with Crippen molar-refractivity contribution in [1.82, 2.24) is 20.2 Å². The third kappa shape index (κ3) is 5.09. The summed E-state index contributed by atoms with van der Waals surface area (Å²) in [5.41, 5.74) is 7.10. The smallest absolute Gasteiger partial charge is 0.241 e. The molecule has 12 heteroatoms. The number of aromatic nitrogens is 4. The number of nitrogens with two attached hydrogens (primary N) is 1. The zero-order valence-electron chi connectivity index (χ0n) is 15.8. The number of anilines is 1. The first kappa shape index (κ1) is 20.7. The van der Waals surface area contributed by atoms with Crippen molar-refractivity contribution in [2.75, 3.05) is 17.6 Å². The van der Waals surface area contributed by atoms with E-state index in [4.69, 9.17) is 15.7 Å². The molecule has 1 heterocycles. The molecule has 2 aromatic carbocycles. The lowest BCUT2D eigenvalue weighted by atomic mass is 10.1. The average Bonchev–Trinajstić information content (AvgIpc) is 3.16. The van der Waals surface area contributed by atoms with E-state index >= 15 is 0 Å². The molecule has 0 bridgehead atoms. The number of nitrogens with one attached hydrogen (secondary N) is 1. The number of amides is 1. The minimum Gasteiger partial charge on any atom is -0.495 e. The number of primary amides is 1. The van der Waals surface area contributed by atoms with Crippen LogP contribution in [0, 0.1) is 11.3 Å². The second kappa shape index (κ2) is 8.58. The number of hydrogen-bond donors (Lipinski definition) is 2. The van der Waals surface area contributed by atoms with Gasteiger partial charge in [-0.15, -0.1) is 10.2 Å². The van der Waals surface area contributed by atoms with Gasteiger partial charge in [0.05, 0.1) is 31.0 Å². The first-order valence-corrected chi connectivity index (χ1v) is 10.2. The van der Waals surface area contributed by atoms with E-state index in [0.717, 1.165) is 5.56 Å². The maximum Gasteiger partial charge on any atom is 0.241 e. The molecule has 0 aliphatic rings. The largest absolute Gasteiger partial charge is 0.495 e. The van der Waals surface area contributed by atoms with Gasteiger partial charge in [-0.2, -0.15) is 10.1 Å². The van der Waals surface area contributed by atoms with Crippen LogP contribution in [-0.4, -0.2) is 47.4 Å². The highest BCUT2D eigenvalue weighted by Crippen LogP contribution is 2.30. The lowest BCUT2D eigenvalue weighted by molar-refractivity contribution is -0.115. The second-order valence-corrected chi connectivity index (χ2v) is 7.92. The summed E-state index contributed by atoms with van der Waals surface area (Å²) in [6.45, 7) is 0.362. The van der Waals surface area contributed by atoms with Crippen molar-refractivity contribution in [1.29, 1.82) is 5.26 Å². The first-order valence-electron chi connectivity index (χ1n) is 8.53. The molecule has 11 nitrogen and oxygen atoms in total. The molecule has 0 atom stereocenters. The topological polar surface area (TPSA) is 166 Å². The molecule has 0 fully saturated rings. The van der Waals surface area contributed by atoms with Crippen molar-refractivity contribution in [3.05, 3.63) is 53.6 Å². The van der Waals surface area contributed by atoms with Gasteiger partial charge in [-0.05, 0) is 41.1 Å². The van der Waals surface area contributed by atoms with Crippen molar-refractivity contribution in [2.45, 2.75) is 6.54 Å². The lowest BCUT2D eigenvalue weighted by Gasteiger charge is -2.11. The van der Waals surface area contributed by atoms with Crippen molar-refractivity contribution >= 4 is 21.6 Å². The van der Waals surface area contributed by atoms with Crippen molar-refractivity contribution < 1.29 is 17.9 Å². The molecule has 30 heavy (non-hydrogen) atoms. The number of carbonyl (C=O) groups excluding carboxylic acids is 1. The van der Waals surface area contributed by atoms with E-state index in [1.807, 2.05) is 0 Å². The molecule has 0 radical (unpaired) electrons. The summed E-state index contributed by atoms with van der Waals surface area (Å²) in [5, 5.41) is 21.2. The Morgan fingerprint density at radius 1 is 1.27 bits per heavy atom. The molecule has 0 saturated heterocycles. The molecule has 0 spiro atoms. The van der Waals surface area contributed by atoms with Gasteiger partial charge >= 0.3 is 0 Å². The van der Waals surface area contributed by atoms with Gasteiger partial charge in [0, 0.05) is 5.56 Å². The Balaban J connectivity index is 1.79. The van der Waals surface area contributed by atoms with Crippen molar-refractivity contribution in [2.24, 2.45) is 5.73 Å². The van der Waals surface area contributed by atoms with Gasteiger partial charge in [0.15, 0.2) is 0 Å². The van der Waals surface area contributed by atoms with E-state index in [1.54, 1.807) is 36.4 Å². The number of ether oxygens (including phenoxy) is 1. The molecule has 0 saturated carbocycles. The Labute approximate surface area is 172 Å². The Bertz CT molecular complexity index is 1210. The quantitative estimate of drug-likeness (QED) is 0.524. The van der Waals surface area contributed by atoms with E-state index in [0.29, 0.717) is 23.5 Å². The number of carbonyl (C=O) groups is 1. The van der Waals surface area contributed by atoms with Crippen LogP contribution in [0.2, 0.25) is 0 Å². The first-order chi connectivity index (χ1) is 14.3. The zero-order valence-corrected chi connectivity index (χ0v) is 16.6. The maximum absolute atomic E-state index is 11.9. The molecule has 0 aliphatic carbocycles. The third-order valence-corrected chi connectivity index (χ3v) is 5.11. The Morgan fingerprint density at radius 3 is 2.63 bits per heavy atom. The number of methoxy groups -OCH3 is 1. The molecule has 1 amide bonds. The summed E-state index contributed by atoms with van der Waals surface area (Å²) in [6, 6.07) is 13.7. The number of nitriles is 1. The van der Waals surface area contributed by atoms with Gasteiger partial charge in [-0.3, -0.25) is 9.52 Å². The fourth-order valence-corrected chi connectivity index (χ4v) is 3.53. The lowest BCUT2D eigenvalue weighted by Crippen LogP contribution is -2.27. The SMILES string of the molecule is COc1cc(-c2nnn(Cc3ccc(C#N)cc3)n2)ccc1NS(=O)(=O)CC(N)=O. The monoisotopic (exact) mass is 427 g/mol. The summed E-state index contributed by atoms with van der Waals surface area (Å²) in [4.78, 5) is 12.3. The average molecular weight is 427 g/mol. The maximum atomic E-state index is 11.9. The summed E-state index contributed by atoms with van der Waals surface area (Å²) in [5.74, 6) is -1.29. The predicted octanol–water partition coefficient (Wildman–Crippen LogP) is 0.496. The number of tetrazole rings is 1. The molecule has 3 rings (SSSR count). The van der Waals surface area contributed by atoms with Gasteiger partial charge in [-0.25, -0.2) is 8.42 Å². The number of benzene rings is 2. The zero-order chi connectivity index (χ0) is 21.7. The van der Waals surface area contributed by atoms with Crippen LogP contribution in [0.1, 0.15) is 11.1 Å². The highest BCUT2D eigenvalue weighted by atomic mass is 32.2. The van der Waals surface area contributed by atoms with Crippen LogP contribution in [0.3, 0.4) is 0 Å². The second-order valence-electron chi connectivity index (χ2n) is 6.19. The minimum absolute atomic E-state index is 0.146. The van der Waals surface area contributed by atoms with Gasteiger partial charge in [0.2, 0.25) is 21.8 Å². The number of sulfonamides is 1. The summed E-state index contributed by atoms with van der Waals surface area (Å²) in [6.07, 6.45) is 0. The molecular weight excluding hydrogens is 410 g/mol. The van der Waals surface area contributed by atoms with E-state index in [2.05, 4.69) is 26.2 Å². The normalized spacial score (nSPS) is 10.9. The van der Waals surface area contributed by atoms with E-state index in [9.17, 15) is 13.2 Å². The van der Waals surface area contributed by atoms with Crippen LogP contribution in [0.15, 0.2) is 42.5 Å². The number of nitrogens with zero attached hydrogens (tertiary/aromatic N) is 5. The van der Waals surface area contributed by atoms with Crippen LogP contribution >= 0.6 is 0 Å². The molecule has 0 unspecified atom stereocenters. The predicted molar refractivity (Wildman–Crippen MR) is 107 cm³/mol. The fourth-order valence-electron chi connectivity index (χ4n) is 2.58. The van der Waals surface area contributed by atoms with Gasteiger partial charge in [0.1, 0.15) is 11.5 Å². The Hall–Kier alpha value is -3.98. The van der Waals surface area contributed by atoms with Crippen LogP contribution < -0.4 is 15.2 Å².